The normalized spacial score (nSPS) is 14.2. The standard InChI is InChI=1S/C12H13F3N2/c1-7(16)5-8-6-17-11-9(8)3-2-4-10(11)12(13,14)15/h2-4,6-7,17H,5,16H2,1H3. The maximum atomic E-state index is 12.7. The van der Waals surface area contributed by atoms with Gasteiger partial charge in [0.15, 0.2) is 0 Å². The molecule has 0 radical (unpaired) electrons. The van der Waals surface area contributed by atoms with Crippen LogP contribution in [0, 0.1) is 0 Å². The molecule has 0 aliphatic rings. The molecule has 0 bridgehead atoms. The zero-order valence-electron chi connectivity index (χ0n) is 9.31. The fraction of sp³-hybridized carbons (Fsp3) is 0.333. The first-order chi connectivity index (χ1) is 7.89. The lowest BCUT2D eigenvalue weighted by molar-refractivity contribution is -0.136. The molecule has 2 rings (SSSR count). The number of aromatic amines is 1. The summed E-state index contributed by atoms with van der Waals surface area (Å²) in [6, 6.07) is 4.10. The first-order valence-electron chi connectivity index (χ1n) is 5.31. The zero-order valence-corrected chi connectivity index (χ0v) is 9.31. The molecule has 0 aliphatic heterocycles. The van der Waals surface area contributed by atoms with Gasteiger partial charge < -0.3 is 10.7 Å². The van der Waals surface area contributed by atoms with Crippen LogP contribution in [0.1, 0.15) is 18.1 Å². The van der Waals surface area contributed by atoms with Gasteiger partial charge in [0.25, 0.3) is 0 Å². The van der Waals surface area contributed by atoms with Gasteiger partial charge in [-0.15, -0.1) is 0 Å². The highest BCUT2D eigenvalue weighted by Gasteiger charge is 2.33. The second kappa shape index (κ2) is 4.07. The average Bonchev–Trinajstić information content (AvgIpc) is 2.59. The van der Waals surface area contributed by atoms with Crippen molar-refractivity contribution in [1.82, 2.24) is 4.98 Å². The Balaban J connectivity index is 2.57. The van der Waals surface area contributed by atoms with Crippen LogP contribution in [0.3, 0.4) is 0 Å². The second-order valence-electron chi connectivity index (χ2n) is 4.22. The molecule has 1 atom stereocenters. The molecule has 2 nitrogen and oxygen atoms in total. The van der Waals surface area contributed by atoms with Gasteiger partial charge in [0.2, 0.25) is 0 Å². The Morgan fingerprint density at radius 3 is 2.65 bits per heavy atom. The molecule has 1 unspecified atom stereocenters. The van der Waals surface area contributed by atoms with E-state index >= 15 is 0 Å². The number of rotatable bonds is 2. The predicted molar refractivity (Wildman–Crippen MR) is 60.7 cm³/mol. The topological polar surface area (TPSA) is 41.8 Å². The average molecular weight is 242 g/mol. The SMILES string of the molecule is CC(N)Cc1c[nH]c2c(C(F)(F)F)cccc12. The minimum atomic E-state index is -4.34. The Kier molecular flexibility index (Phi) is 2.87. The van der Waals surface area contributed by atoms with Gasteiger partial charge in [0.05, 0.1) is 11.1 Å². The lowest BCUT2D eigenvalue weighted by atomic mass is 10.0. The minimum absolute atomic E-state index is 0.0801. The van der Waals surface area contributed by atoms with E-state index in [0.29, 0.717) is 11.8 Å². The molecule has 3 N–H and O–H groups in total. The van der Waals surface area contributed by atoms with Crippen LogP contribution in [0.5, 0.6) is 0 Å². The molecule has 0 amide bonds. The third-order valence-corrected chi connectivity index (χ3v) is 2.65. The number of alkyl halides is 3. The summed E-state index contributed by atoms with van der Waals surface area (Å²) >= 11 is 0. The molecular weight excluding hydrogens is 229 g/mol. The van der Waals surface area contributed by atoms with Gasteiger partial charge >= 0.3 is 6.18 Å². The first kappa shape index (κ1) is 12.0. The van der Waals surface area contributed by atoms with Gasteiger partial charge in [-0.1, -0.05) is 12.1 Å². The number of para-hydroxylation sites is 1. The van der Waals surface area contributed by atoms with Crippen molar-refractivity contribution in [3.8, 4) is 0 Å². The van der Waals surface area contributed by atoms with Crippen LogP contribution in [0.15, 0.2) is 24.4 Å². The van der Waals surface area contributed by atoms with Crippen LogP contribution in [0.2, 0.25) is 0 Å². The maximum Gasteiger partial charge on any atom is 0.418 e. The first-order valence-corrected chi connectivity index (χ1v) is 5.31. The molecule has 0 fully saturated rings. The number of benzene rings is 1. The summed E-state index contributed by atoms with van der Waals surface area (Å²) in [5, 5.41) is 0.595. The molecule has 0 aliphatic carbocycles. The highest BCUT2D eigenvalue weighted by Crippen LogP contribution is 2.35. The fourth-order valence-electron chi connectivity index (χ4n) is 1.96. The van der Waals surface area contributed by atoms with E-state index in [1.807, 2.05) is 6.92 Å². The largest absolute Gasteiger partial charge is 0.418 e. The Morgan fingerprint density at radius 2 is 2.06 bits per heavy atom. The molecule has 17 heavy (non-hydrogen) atoms. The van der Waals surface area contributed by atoms with E-state index in [0.717, 1.165) is 11.6 Å². The van der Waals surface area contributed by atoms with E-state index in [1.165, 1.54) is 6.07 Å². The highest BCUT2D eigenvalue weighted by atomic mass is 19.4. The van der Waals surface area contributed by atoms with Gasteiger partial charge in [-0.05, 0) is 25.0 Å². The van der Waals surface area contributed by atoms with Crippen molar-refractivity contribution in [3.05, 3.63) is 35.5 Å². The van der Waals surface area contributed by atoms with Crippen molar-refractivity contribution < 1.29 is 13.2 Å². The number of aromatic nitrogens is 1. The molecule has 1 heterocycles. The van der Waals surface area contributed by atoms with Gasteiger partial charge in [-0.3, -0.25) is 0 Å². The van der Waals surface area contributed by atoms with Crippen molar-refractivity contribution >= 4 is 10.9 Å². The van der Waals surface area contributed by atoms with Crippen LogP contribution in [0.25, 0.3) is 10.9 Å². The fourth-order valence-corrected chi connectivity index (χ4v) is 1.96. The number of nitrogens with one attached hydrogen (secondary N) is 1. The summed E-state index contributed by atoms with van der Waals surface area (Å²) in [5.41, 5.74) is 5.98. The van der Waals surface area contributed by atoms with Crippen LogP contribution in [0.4, 0.5) is 13.2 Å². The smallest absolute Gasteiger partial charge is 0.360 e. The number of nitrogens with two attached hydrogens (primary N) is 1. The molecule has 1 aromatic carbocycles. The van der Waals surface area contributed by atoms with Crippen LogP contribution in [-0.2, 0) is 12.6 Å². The van der Waals surface area contributed by atoms with E-state index in [9.17, 15) is 13.2 Å². The van der Waals surface area contributed by atoms with Crippen LogP contribution >= 0.6 is 0 Å². The van der Waals surface area contributed by atoms with E-state index in [-0.39, 0.29) is 11.6 Å². The number of halogens is 3. The maximum absolute atomic E-state index is 12.7. The number of hydrogen-bond acceptors (Lipinski definition) is 1. The summed E-state index contributed by atoms with van der Waals surface area (Å²) in [7, 11) is 0. The lowest BCUT2D eigenvalue weighted by Crippen LogP contribution is -2.17. The third-order valence-electron chi connectivity index (χ3n) is 2.65. The van der Waals surface area contributed by atoms with Crippen molar-refractivity contribution in [2.45, 2.75) is 25.6 Å². The number of hydrogen-bond donors (Lipinski definition) is 2. The van der Waals surface area contributed by atoms with Crippen molar-refractivity contribution in [1.29, 1.82) is 0 Å². The van der Waals surface area contributed by atoms with Crippen molar-refractivity contribution in [2.75, 3.05) is 0 Å². The predicted octanol–water partition coefficient (Wildman–Crippen LogP) is 3.08. The Morgan fingerprint density at radius 1 is 1.35 bits per heavy atom. The summed E-state index contributed by atoms with van der Waals surface area (Å²) < 4.78 is 38.2. The second-order valence-corrected chi connectivity index (χ2v) is 4.22. The van der Waals surface area contributed by atoms with Crippen LogP contribution in [-0.4, -0.2) is 11.0 Å². The molecule has 0 saturated carbocycles. The molecule has 0 saturated heterocycles. The summed E-state index contributed by atoms with van der Waals surface area (Å²) in [4.78, 5) is 2.69. The van der Waals surface area contributed by atoms with E-state index < -0.39 is 11.7 Å². The molecule has 92 valence electrons. The molecular formula is C12H13F3N2. The summed E-state index contributed by atoms with van der Waals surface area (Å²) in [5.74, 6) is 0. The highest BCUT2D eigenvalue weighted by molar-refractivity contribution is 5.86. The van der Waals surface area contributed by atoms with Gasteiger partial charge in [-0.25, -0.2) is 0 Å². The van der Waals surface area contributed by atoms with Gasteiger partial charge in [0.1, 0.15) is 0 Å². The lowest BCUT2D eigenvalue weighted by Gasteiger charge is -2.08. The monoisotopic (exact) mass is 242 g/mol. The number of fused-ring (bicyclic) bond motifs is 1. The third kappa shape index (κ3) is 2.29. The van der Waals surface area contributed by atoms with Crippen molar-refractivity contribution in [2.24, 2.45) is 5.73 Å². The Labute approximate surface area is 96.6 Å². The molecule has 0 spiro atoms. The number of H-pyrrole nitrogens is 1. The van der Waals surface area contributed by atoms with Crippen LogP contribution < -0.4 is 5.73 Å². The molecule has 1 aromatic heterocycles. The van der Waals surface area contributed by atoms with E-state index in [4.69, 9.17) is 5.73 Å². The Hall–Kier alpha value is -1.49. The summed E-state index contributed by atoms with van der Waals surface area (Å²) in [6.07, 6.45) is -2.18. The quantitative estimate of drug-likeness (QED) is 0.834. The van der Waals surface area contributed by atoms with Crippen molar-refractivity contribution in [3.63, 3.8) is 0 Å². The van der Waals surface area contributed by atoms with E-state index in [2.05, 4.69) is 4.98 Å². The van der Waals surface area contributed by atoms with E-state index in [1.54, 1.807) is 12.3 Å². The Bertz CT molecular complexity index is 526. The molecule has 2 aromatic rings. The zero-order chi connectivity index (χ0) is 12.6. The van der Waals surface area contributed by atoms with Gasteiger partial charge in [-0.2, -0.15) is 13.2 Å². The molecule has 5 heteroatoms. The van der Waals surface area contributed by atoms with Gasteiger partial charge in [0, 0.05) is 17.6 Å². The minimum Gasteiger partial charge on any atom is -0.360 e. The summed E-state index contributed by atoms with van der Waals surface area (Å²) in [6.45, 7) is 1.83.